The maximum Gasteiger partial charge on any atom is 0.293 e. The van der Waals surface area contributed by atoms with Crippen molar-refractivity contribution in [2.45, 2.75) is 13.8 Å². The zero-order valence-electron chi connectivity index (χ0n) is 7.65. The maximum atomic E-state index is 3.71. The van der Waals surface area contributed by atoms with Gasteiger partial charge in [-0.3, -0.25) is 0 Å². The minimum absolute atomic E-state index is 1.05. The van der Waals surface area contributed by atoms with Crippen LogP contribution in [0.2, 0.25) is 0 Å². The molecule has 0 spiro atoms. The molecular weight excluding hydrogens is 164 g/mol. The molecule has 1 aromatic carbocycles. The van der Waals surface area contributed by atoms with Gasteiger partial charge in [0.05, 0.1) is 0 Å². The van der Waals surface area contributed by atoms with E-state index in [9.17, 15) is 0 Å². The smallest absolute Gasteiger partial charge is 0.130 e. The molecule has 0 aliphatic rings. The van der Waals surface area contributed by atoms with Crippen LogP contribution in [-0.2, 0) is 0 Å². The fourth-order valence-electron chi connectivity index (χ4n) is 1.18. The van der Waals surface area contributed by atoms with Crippen LogP contribution in [0.3, 0.4) is 0 Å². The van der Waals surface area contributed by atoms with Crippen molar-refractivity contribution in [1.82, 2.24) is 15.5 Å². The number of tetrazole rings is 1. The van der Waals surface area contributed by atoms with Crippen molar-refractivity contribution in [1.29, 1.82) is 0 Å². The molecule has 66 valence electrons. The van der Waals surface area contributed by atoms with E-state index in [1.807, 2.05) is 6.07 Å². The van der Waals surface area contributed by atoms with Gasteiger partial charge in [-0.1, -0.05) is 11.3 Å². The molecule has 0 radical (unpaired) electrons. The Morgan fingerprint density at radius 3 is 2.69 bits per heavy atom. The lowest BCUT2D eigenvalue weighted by Crippen LogP contribution is -2.31. The lowest BCUT2D eigenvalue weighted by molar-refractivity contribution is -0.660. The maximum absolute atomic E-state index is 3.71. The zero-order chi connectivity index (χ0) is 9.26. The molecule has 1 N–H and O–H groups in total. The third-order valence-electron chi connectivity index (χ3n) is 2.15. The molecule has 1 aromatic heterocycles. The highest BCUT2D eigenvalue weighted by Crippen LogP contribution is 2.08. The van der Waals surface area contributed by atoms with Gasteiger partial charge in [-0.2, -0.15) is 0 Å². The summed E-state index contributed by atoms with van der Waals surface area (Å²) in [6.45, 7) is 4.18. The van der Waals surface area contributed by atoms with Gasteiger partial charge in [-0.05, 0) is 37.1 Å². The van der Waals surface area contributed by atoms with E-state index < -0.39 is 0 Å². The predicted octanol–water partition coefficient (Wildman–Crippen LogP) is 0.698. The SMILES string of the molecule is Cc1ccc(-[n+]2cnn[nH]2)cc1C. The Morgan fingerprint density at radius 1 is 1.23 bits per heavy atom. The lowest BCUT2D eigenvalue weighted by Gasteiger charge is -2.00. The summed E-state index contributed by atoms with van der Waals surface area (Å²) in [5.74, 6) is 0. The Hall–Kier alpha value is -1.71. The van der Waals surface area contributed by atoms with Gasteiger partial charge in [0.25, 0.3) is 6.33 Å². The molecule has 1 heterocycles. The van der Waals surface area contributed by atoms with Crippen molar-refractivity contribution >= 4 is 0 Å². The van der Waals surface area contributed by atoms with Crippen LogP contribution in [0.5, 0.6) is 0 Å². The normalized spacial score (nSPS) is 10.3. The summed E-state index contributed by atoms with van der Waals surface area (Å²) < 4.78 is 1.77. The number of aromatic amines is 1. The van der Waals surface area contributed by atoms with Crippen molar-refractivity contribution < 1.29 is 4.68 Å². The third-order valence-corrected chi connectivity index (χ3v) is 2.15. The molecule has 0 fully saturated rings. The van der Waals surface area contributed by atoms with Crippen molar-refractivity contribution in [3.8, 4) is 5.69 Å². The highest BCUT2D eigenvalue weighted by molar-refractivity contribution is 5.33. The second kappa shape index (κ2) is 2.97. The second-order valence-corrected chi connectivity index (χ2v) is 3.07. The van der Waals surface area contributed by atoms with Gasteiger partial charge in [-0.25, -0.2) is 0 Å². The number of H-pyrrole nitrogens is 1. The largest absolute Gasteiger partial charge is 0.293 e. The molecular formula is C9H11N4+. The van der Waals surface area contributed by atoms with E-state index in [1.165, 1.54) is 11.1 Å². The van der Waals surface area contributed by atoms with Gasteiger partial charge in [0, 0.05) is 0 Å². The van der Waals surface area contributed by atoms with Crippen molar-refractivity contribution in [3.63, 3.8) is 0 Å². The molecule has 0 aliphatic heterocycles. The van der Waals surface area contributed by atoms with Gasteiger partial charge >= 0.3 is 0 Å². The van der Waals surface area contributed by atoms with Gasteiger partial charge in [0.15, 0.2) is 5.21 Å². The van der Waals surface area contributed by atoms with Crippen LogP contribution in [0, 0.1) is 13.8 Å². The van der Waals surface area contributed by atoms with Gasteiger partial charge < -0.3 is 0 Å². The first-order valence-electron chi connectivity index (χ1n) is 4.13. The summed E-state index contributed by atoms with van der Waals surface area (Å²) in [5.41, 5.74) is 3.60. The third kappa shape index (κ3) is 1.42. The number of nitrogens with zero attached hydrogens (tertiary/aromatic N) is 3. The van der Waals surface area contributed by atoms with Crippen LogP contribution in [0.4, 0.5) is 0 Å². The van der Waals surface area contributed by atoms with E-state index in [-0.39, 0.29) is 0 Å². The van der Waals surface area contributed by atoms with Gasteiger partial charge in [0.1, 0.15) is 10.8 Å². The first kappa shape index (κ1) is 7.91. The fraction of sp³-hybridized carbons (Fsp3) is 0.222. The van der Waals surface area contributed by atoms with Crippen LogP contribution < -0.4 is 4.68 Å². The molecule has 2 aromatic rings. The van der Waals surface area contributed by atoms with E-state index >= 15 is 0 Å². The lowest BCUT2D eigenvalue weighted by atomic mass is 10.1. The van der Waals surface area contributed by atoms with Crippen LogP contribution in [-0.4, -0.2) is 15.5 Å². The summed E-state index contributed by atoms with van der Waals surface area (Å²) in [6.07, 6.45) is 1.64. The molecule has 13 heavy (non-hydrogen) atoms. The van der Waals surface area contributed by atoms with E-state index in [0.717, 1.165) is 5.69 Å². The fourth-order valence-corrected chi connectivity index (χ4v) is 1.18. The number of aryl methyl sites for hydroxylation is 2. The molecule has 0 aliphatic carbocycles. The highest BCUT2D eigenvalue weighted by atomic mass is 15.5. The summed E-state index contributed by atoms with van der Waals surface area (Å²) in [7, 11) is 0. The minimum atomic E-state index is 1.05. The van der Waals surface area contributed by atoms with Crippen LogP contribution in [0.1, 0.15) is 11.1 Å². The minimum Gasteiger partial charge on any atom is -0.130 e. The van der Waals surface area contributed by atoms with Crippen molar-refractivity contribution in [2.75, 3.05) is 0 Å². The number of rotatable bonds is 1. The Balaban J connectivity index is 2.49. The second-order valence-electron chi connectivity index (χ2n) is 3.07. The molecule has 4 nitrogen and oxygen atoms in total. The average molecular weight is 175 g/mol. The highest BCUT2D eigenvalue weighted by Gasteiger charge is 2.03. The number of aromatic nitrogens is 4. The molecule has 4 heteroatoms. The van der Waals surface area contributed by atoms with E-state index in [4.69, 9.17) is 0 Å². The van der Waals surface area contributed by atoms with E-state index in [0.29, 0.717) is 0 Å². The average Bonchev–Trinajstić information content (AvgIpc) is 2.62. The molecule has 0 amide bonds. The molecule has 0 bridgehead atoms. The molecule has 2 rings (SSSR count). The summed E-state index contributed by atoms with van der Waals surface area (Å²) in [5, 5.41) is 10.1. The van der Waals surface area contributed by atoms with Crippen LogP contribution >= 0.6 is 0 Å². The predicted molar refractivity (Wildman–Crippen MR) is 47.4 cm³/mol. The van der Waals surface area contributed by atoms with E-state index in [2.05, 4.69) is 41.5 Å². The van der Waals surface area contributed by atoms with Crippen LogP contribution in [0.25, 0.3) is 5.69 Å². The summed E-state index contributed by atoms with van der Waals surface area (Å²) >= 11 is 0. The first-order valence-corrected chi connectivity index (χ1v) is 4.13. The topological polar surface area (TPSA) is 45.5 Å². The molecule has 0 saturated carbocycles. The molecule has 0 saturated heterocycles. The van der Waals surface area contributed by atoms with Crippen LogP contribution in [0.15, 0.2) is 24.5 Å². The monoisotopic (exact) mass is 175 g/mol. The number of nitrogens with one attached hydrogen (secondary N) is 1. The van der Waals surface area contributed by atoms with E-state index in [1.54, 1.807) is 11.0 Å². The number of benzene rings is 1. The quantitative estimate of drug-likeness (QED) is 0.648. The Morgan fingerprint density at radius 2 is 2.08 bits per heavy atom. The summed E-state index contributed by atoms with van der Waals surface area (Å²) in [4.78, 5) is 0. The van der Waals surface area contributed by atoms with Crippen molar-refractivity contribution in [2.24, 2.45) is 0 Å². The Bertz CT molecular complexity index is 406. The van der Waals surface area contributed by atoms with Gasteiger partial charge in [0.2, 0.25) is 0 Å². The molecule has 0 unspecified atom stereocenters. The number of hydrogen-bond acceptors (Lipinski definition) is 2. The van der Waals surface area contributed by atoms with Crippen molar-refractivity contribution in [3.05, 3.63) is 35.7 Å². The Kier molecular flexibility index (Phi) is 1.81. The zero-order valence-corrected chi connectivity index (χ0v) is 7.65. The standard InChI is InChI=1S/C9H10N4/c1-7-3-4-9(5-8(7)2)13-6-10-11-12-13/h3-6H,1-2H3/p+1. The van der Waals surface area contributed by atoms with Gasteiger partial charge in [-0.15, -0.1) is 4.68 Å². The first-order chi connectivity index (χ1) is 6.27. The Labute approximate surface area is 76.2 Å². The number of hydrogen-bond donors (Lipinski definition) is 1. The molecule has 0 atom stereocenters. The summed E-state index contributed by atoms with van der Waals surface area (Å²) in [6, 6.07) is 6.20.